The number of phenolic OH excluding ortho intramolecular Hbond substituents is 1. The molecule has 9 heteroatoms. The predicted molar refractivity (Wildman–Crippen MR) is 105 cm³/mol. The summed E-state index contributed by atoms with van der Waals surface area (Å²) in [5.74, 6) is 0.182. The second-order valence-corrected chi connectivity index (χ2v) is 6.03. The molecule has 1 atom stereocenters. The number of rotatable bonds is 6. The Morgan fingerprint density at radius 2 is 1.69 bits per heavy atom. The maximum absolute atomic E-state index is 12.2. The van der Waals surface area contributed by atoms with Gasteiger partial charge in [-0.1, -0.05) is 12.1 Å². The first-order valence-corrected chi connectivity index (χ1v) is 8.56. The van der Waals surface area contributed by atoms with Gasteiger partial charge >= 0.3 is 0 Å². The van der Waals surface area contributed by atoms with Crippen LogP contribution in [0.5, 0.6) is 17.4 Å². The van der Waals surface area contributed by atoms with Gasteiger partial charge in [-0.2, -0.15) is 0 Å². The molecule has 4 N–H and O–H groups in total. The van der Waals surface area contributed by atoms with Crippen molar-refractivity contribution in [1.82, 2.24) is 9.97 Å². The number of amides is 2. The smallest absolute Gasteiger partial charge is 0.257 e. The van der Waals surface area contributed by atoms with Gasteiger partial charge in [0, 0.05) is 18.7 Å². The Labute approximate surface area is 166 Å². The van der Waals surface area contributed by atoms with Crippen molar-refractivity contribution in [3.63, 3.8) is 0 Å². The molecule has 0 aliphatic rings. The lowest BCUT2D eigenvalue weighted by molar-refractivity contribution is -0.124. The summed E-state index contributed by atoms with van der Waals surface area (Å²) in [7, 11) is 0. The quantitative estimate of drug-likeness (QED) is 0.505. The summed E-state index contributed by atoms with van der Waals surface area (Å²) in [6, 6.07) is 13.6. The third kappa shape index (κ3) is 5.50. The van der Waals surface area contributed by atoms with E-state index >= 15 is 0 Å². The second-order valence-electron chi connectivity index (χ2n) is 6.03. The van der Waals surface area contributed by atoms with E-state index in [1.807, 2.05) is 0 Å². The lowest BCUT2D eigenvalue weighted by atomic mass is 10.1. The molecule has 0 fully saturated rings. The lowest BCUT2D eigenvalue weighted by Gasteiger charge is -2.12. The van der Waals surface area contributed by atoms with Crippen molar-refractivity contribution in [2.24, 2.45) is 0 Å². The van der Waals surface area contributed by atoms with Gasteiger partial charge in [-0.15, -0.1) is 0 Å². The number of aromatic hydroxyl groups is 1. The van der Waals surface area contributed by atoms with E-state index in [4.69, 9.17) is 4.74 Å². The van der Waals surface area contributed by atoms with Crippen LogP contribution in [0.3, 0.4) is 0 Å². The zero-order chi connectivity index (χ0) is 20.8. The molecule has 0 saturated heterocycles. The van der Waals surface area contributed by atoms with E-state index in [1.165, 1.54) is 43.6 Å². The second kappa shape index (κ2) is 8.81. The molecule has 0 spiro atoms. The Kier molecular flexibility index (Phi) is 6.00. The molecule has 3 rings (SSSR count). The Bertz CT molecular complexity index is 1010. The number of hydrogen-bond donors (Lipinski definition) is 4. The maximum atomic E-state index is 12.2. The van der Waals surface area contributed by atoms with Gasteiger partial charge in [0.25, 0.3) is 5.91 Å². The minimum atomic E-state index is -1.38. The number of carbonyl (C=O) groups is 2. The van der Waals surface area contributed by atoms with Gasteiger partial charge in [0.2, 0.25) is 11.8 Å². The molecule has 0 aliphatic carbocycles. The number of benzene rings is 2. The van der Waals surface area contributed by atoms with Crippen LogP contribution in [0.2, 0.25) is 0 Å². The Morgan fingerprint density at radius 3 is 2.34 bits per heavy atom. The predicted octanol–water partition coefficient (Wildman–Crippen LogP) is 2.60. The SMILES string of the molecule is CC(=O)Nc1cc(Oc2ccc(NC(=O)C(O)c3ccc(O)cc3)cc2)ncn1. The molecule has 3 aromatic rings. The molecule has 2 aromatic carbocycles. The van der Waals surface area contributed by atoms with Crippen LogP contribution in [0.1, 0.15) is 18.6 Å². The number of ether oxygens (including phenoxy) is 1. The largest absolute Gasteiger partial charge is 0.508 e. The summed E-state index contributed by atoms with van der Waals surface area (Å²) in [5, 5.41) is 24.5. The minimum absolute atomic E-state index is 0.0461. The van der Waals surface area contributed by atoms with Crippen molar-refractivity contribution < 1.29 is 24.5 Å². The van der Waals surface area contributed by atoms with Gasteiger partial charge < -0.3 is 25.6 Å². The third-order valence-corrected chi connectivity index (χ3v) is 3.75. The highest BCUT2D eigenvalue weighted by molar-refractivity contribution is 5.94. The molecule has 29 heavy (non-hydrogen) atoms. The van der Waals surface area contributed by atoms with Gasteiger partial charge in [0.05, 0.1) is 0 Å². The van der Waals surface area contributed by atoms with E-state index in [2.05, 4.69) is 20.6 Å². The average molecular weight is 394 g/mol. The van der Waals surface area contributed by atoms with Gasteiger partial charge in [-0.3, -0.25) is 9.59 Å². The van der Waals surface area contributed by atoms with E-state index in [9.17, 15) is 19.8 Å². The summed E-state index contributed by atoms with van der Waals surface area (Å²) < 4.78 is 5.60. The number of aromatic nitrogens is 2. The first-order valence-electron chi connectivity index (χ1n) is 8.56. The molecular formula is C20H18N4O5. The Morgan fingerprint density at radius 1 is 1.00 bits per heavy atom. The number of nitrogens with one attached hydrogen (secondary N) is 2. The van der Waals surface area contributed by atoms with Gasteiger partial charge in [0.1, 0.15) is 23.6 Å². The molecule has 0 bridgehead atoms. The van der Waals surface area contributed by atoms with Crippen molar-refractivity contribution in [2.75, 3.05) is 10.6 Å². The zero-order valence-electron chi connectivity index (χ0n) is 15.4. The van der Waals surface area contributed by atoms with Crippen molar-refractivity contribution in [2.45, 2.75) is 13.0 Å². The van der Waals surface area contributed by atoms with Crippen LogP contribution >= 0.6 is 0 Å². The van der Waals surface area contributed by atoms with Crippen LogP contribution in [-0.4, -0.2) is 32.0 Å². The summed E-state index contributed by atoms with van der Waals surface area (Å²) in [4.78, 5) is 31.2. The van der Waals surface area contributed by atoms with E-state index in [0.717, 1.165) is 0 Å². The van der Waals surface area contributed by atoms with Gasteiger partial charge in [0.15, 0.2) is 6.10 Å². The molecule has 148 valence electrons. The number of hydrogen-bond acceptors (Lipinski definition) is 7. The van der Waals surface area contributed by atoms with Crippen molar-refractivity contribution in [3.8, 4) is 17.4 Å². The summed E-state index contributed by atoms with van der Waals surface area (Å²) >= 11 is 0. The number of nitrogens with zero attached hydrogens (tertiary/aromatic N) is 2. The monoisotopic (exact) mass is 394 g/mol. The van der Waals surface area contributed by atoms with E-state index in [-0.39, 0.29) is 17.5 Å². The fraction of sp³-hybridized carbons (Fsp3) is 0.100. The lowest BCUT2D eigenvalue weighted by Crippen LogP contribution is -2.20. The minimum Gasteiger partial charge on any atom is -0.508 e. The Hall–Kier alpha value is -3.98. The standard InChI is InChI=1S/C20H18N4O5/c1-12(25)23-17-10-18(22-11-21-17)29-16-8-4-14(5-9-16)24-20(28)19(27)13-2-6-15(26)7-3-13/h2-11,19,26-27H,1H3,(H,24,28)(H,21,22,23,25). The fourth-order valence-corrected chi connectivity index (χ4v) is 2.39. The number of carbonyl (C=O) groups excluding carboxylic acids is 2. The normalized spacial score (nSPS) is 11.4. The number of aliphatic hydroxyl groups is 1. The molecule has 0 saturated carbocycles. The highest BCUT2D eigenvalue weighted by atomic mass is 16.5. The van der Waals surface area contributed by atoms with Gasteiger partial charge in [-0.25, -0.2) is 9.97 Å². The first-order chi connectivity index (χ1) is 13.9. The zero-order valence-corrected chi connectivity index (χ0v) is 15.4. The molecule has 2 amide bonds. The fourth-order valence-electron chi connectivity index (χ4n) is 2.39. The number of aliphatic hydroxyl groups excluding tert-OH is 1. The molecule has 0 radical (unpaired) electrons. The third-order valence-electron chi connectivity index (χ3n) is 3.75. The van der Waals surface area contributed by atoms with Gasteiger partial charge in [-0.05, 0) is 42.0 Å². The topological polar surface area (TPSA) is 134 Å². The maximum Gasteiger partial charge on any atom is 0.257 e. The van der Waals surface area contributed by atoms with E-state index < -0.39 is 12.0 Å². The van der Waals surface area contributed by atoms with Crippen LogP contribution in [0, 0.1) is 0 Å². The van der Waals surface area contributed by atoms with Crippen molar-refractivity contribution in [3.05, 3.63) is 66.5 Å². The summed E-state index contributed by atoms with van der Waals surface area (Å²) in [6.07, 6.45) is -0.111. The van der Waals surface area contributed by atoms with Crippen molar-refractivity contribution in [1.29, 1.82) is 0 Å². The molecule has 9 nitrogen and oxygen atoms in total. The van der Waals surface area contributed by atoms with Crippen LogP contribution in [0.25, 0.3) is 0 Å². The Balaban J connectivity index is 1.62. The summed E-state index contributed by atoms with van der Waals surface area (Å²) in [5.41, 5.74) is 0.820. The van der Waals surface area contributed by atoms with E-state index in [1.54, 1.807) is 24.3 Å². The van der Waals surface area contributed by atoms with Crippen LogP contribution < -0.4 is 15.4 Å². The van der Waals surface area contributed by atoms with Crippen LogP contribution in [0.4, 0.5) is 11.5 Å². The number of anilines is 2. The molecule has 1 heterocycles. The van der Waals surface area contributed by atoms with Crippen LogP contribution in [-0.2, 0) is 9.59 Å². The average Bonchev–Trinajstić information content (AvgIpc) is 2.69. The summed E-state index contributed by atoms with van der Waals surface area (Å²) in [6.45, 7) is 1.37. The van der Waals surface area contributed by atoms with Crippen LogP contribution in [0.15, 0.2) is 60.9 Å². The van der Waals surface area contributed by atoms with E-state index in [0.29, 0.717) is 22.8 Å². The highest BCUT2D eigenvalue weighted by Gasteiger charge is 2.17. The molecule has 1 unspecified atom stereocenters. The highest BCUT2D eigenvalue weighted by Crippen LogP contribution is 2.24. The first kappa shape index (κ1) is 19.8. The van der Waals surface area contributed by atoms with Crippen molar-refractivity contribution >= 4 is 23.3 Å². The molecular weight excluding hydrogens is 376 g/mol. The molecule has 0 aliphatic heterocycles. The number of phenols is 1. The molecule has 1 aromatic heterocycles.